The van der Waals surface area contributed by atoms with Gasteiger partial charge in [-0.2, -0.15) is 0 Å². The van der Waals surface area contributed by atoms with E-state index in [4.69, 9.17) is 0 Å². The third-order valence-electron chi connectivity index (χ3n) is 5.65. The average molecular weight is 370 g/mol. The molecule has 2 aromatic carbocycles. The minimum absolute atomic E-state index is 0.251. The molecule has 1 amide bonds. The molecule has 0 bridgehead atoms. The highest BCUT2D eigenvalue weighted by Crippen LogP contribution is 2.25. The first-order valence-electron chi connectivity index (χ1n) is 10.1. The number of benzene rings is 2. The molecule has 0 spiro atoms. The number of likely N-dealkylation sites (tertiary alicyclic amines) is 1. The molecular formula is C25H26N2O. The van der Waals surface area contributed by atoms with Gasteiger partial charge >= 0.3 is 0 Å². The van der Waals surface area contributed by atoms with Crippen LogP contribution in [0.3, 0.4) is 0 Å². The van der Waals surface area contributed by atoms with Gasteiger partial charge in [0.25, 0.3) is 0 Å². The molecular weight excluding hydrogens is 344 g/mol. The lowest BCUT2D eigenvalue weighted by Gasteiger charge is -2.33. The summed E-state index contributed by atoms with van der Waals surface area (Å²) in [7, 11) is 0. The van der Waals surface area contributed by atoms with Crippen LogP contribution in [0.25, 0.3) is 22.3 Å². The number of rotatable bonds is 4. The van der Waals surface area contributed by atoms with E-state index in [1.54, 1.807) is 6.20 Å². The van der Waals surface area contributed by atoms with Gasteiger partial charge in [-0.15, -0.1) is 0 Å². The van der Waals surface area contributed by atoms with Crippen LogP contribution >= 0.6 is 0 Å². The fourth-order valence-electron chi connectivity index (χ4n) is 3.95. The van der Waals surface area contributed by atoms with Gasteiger partial charge in [0, 0.05) is 25.0 Å². The van der Waals surface area contributed by atoms with Gasteiger partial charge in [0.2, 0.25) is 5.91 Å². The maximum atomic E-state index is 12.6. The number of amides is 1. The minimum Gasteiger partial charge on any atom is -0.340 e. The number of hydrogen-bond donors (Lipinski definition) is 0. The number of carbonyl (C=O) groups excluding carboxylic acids is 1. The Kier molecular flexibility index (Phi) is 5.52. The molecule has 1 aromatic heterocycles. The van der Waals surface area contributed by atoms with Crippen LogP contribution in [0.2, 0.25) is 0 Å². The van der Waals surface area contributed by atoms with Crippen molar-refractivity contribution in [2.75, 3.05) is 6.54 Å². The Hall–Kier alpha value is -2.94. The van der Waals surface area contributed by atoms with Crippen LogP contribution < -0.4 is 0 Å². The SMILES string of the molecule is C[C@H]1CCCCN1C(=O)Cc1ccc(-c2ccc(-c3cccnc3)cc2)cc1. The lowest BCUT2D eigenvalue weighted by Crippen LogP contribution is -2.42. The van der Waals surface area contributed by atoms with Crippen LogP contribution in [0, 0.1) is 0 Å². The zero-order chi connectivity index (χ0) is 19.3. The van der Waals surface area contributed by atoms with E-state index in [-0.39, 0.29) is 5.91 Å². The van der Waals surface area contributed by atoms with E-state index in [9.17, 15) is 4.79 Å². The highest BCUT2D eigenvalue weighted by Gasteiger charge is 2.22. The van der Waals surface area contributed by atoms with Gasteiger partial charge in [0.1, 0.15) is 0 Å². The lowest BCUT2D eigenvalue weighted by molar-refractivity contribution is -0.133. The van der Waals surface area contributed by atoms with Crippen molar-refractivity contribution in [2.24, 2.45) is 0 Å². The zero-order valence-corrected chi connectivity index (χ0v) is 16.3. The summed E-state index contributed by atoms with van der Waals surface area (Å²) in [6.45, 7) is 3.07. The quantitative estimate of drug-likeness (QED) is 0.619. The van der Waals surface area contributed by atoms with Crippen LogP contribution in [-0.2, 0) is 11.2 Å². The summed E-state index contributed by atoms with van der Waals surface area (Å²) in [5.41, 5.74) is 5.71. The van der Waals surface area contributed by atoms with Crippen LogP contribution in [0.5, 0.6) is 0 Å². The average Bonchev–Trinajstić information content (AvgIpc) is 2.75. The Balaban J connectivity index is 1.43. The second kappa shape index (κ2) is 8.39. The summed E-state index contributed by atoms with van der Waals surface area (Å²) >= 11 is 0. The van der Waals surface area contributed by atoms with Crippen molar-refractivity contribution < 1.29 is 4.79 Å². The fourth-order valence-corrected chi connectivity index (χ4v) is 3.95. The maximum absolute atomic E-state index is 12.6. The third kappa shape index (κ3) is 4.14. The lowest BCUT2D eigenvalue weighted by atomic mass is 9.99. The zero-order valence-electron chi connectivity index (χ0n) is 16.3. The Morgan fingerprint density at radius 3 is 2.18 bits per heavy atom. The molecule has 142 valence electrons. The monoisotopic (exact) mass is 370 g/mol. The predicted molar refractivity (Wildman–Crippen MR) is 114 cm³/mol. The normalized spacial score (nSPS) is 16.8. The van der Waals surface area contributed by atoms with Crippen molar-refractivity contribution >= 4 is 5.91 Å². The molecule has 2 heterocycles. The first-order valence-corrected chi connectivity index (χ1v) is 10.1. The molecule has 1 fully saturated rings. The summed E-state index contributed by atoms with van der Waals surface area (Å²) in [5.74, 6) is 0.251. The van der Waals surface area contributed by atoms with Crippen LogP contribution in [-0.4, -0.2) is 28.4 Å². The minimum atomic E-state index is 0.251. The Morgan fingerprint density at radius 1 is 0.929 bits per heavy atom. The summed E-state index contributed by atoms with van der Waals surface area (Å²) in [4.78, 5) is 18.9. The van der Waals surface area contributed by atoms with E-state index in [1.807, 2.05) is 12.3 Å². The molecule has 28 heavy (non-hydrogen) atoms. The topological polar surface area (TPSA) is 33.2 Å². The number of nitrogens with zero attached hydrogens (tertiary/aromatic N) is 2. The van der Waals surface area contributed by atoms with Crippen LogP contribution in [0.15, 0.2) is 73.1 Å². The fraction of sp³-hybridized carbons (Fsp3) is 0.280. The number of carbonyl (C=O) groups is 1. The van der Waals surface area contributed by atoms with Gasteiger partial charge in [-0.3, -0.25) is 9.78 Å². The van der Waals surface area contributed by atoms with Crippen molar-refractivity contribution in [3.8, 4) is 22.3 Å². The molecule has 0 radical (unpaired) electrons. The summed E-state index contributed by atoms with van der Waals surface area (Å²) < 4.78 is 0. The van der Waals surface area contributed by atoms with E-state index in [0.29, 0.717) is 12.5 Å². The molecule has 0 aliphatic carbocycles. The third-order valence-corrected chi connectivity index (χ3v) is 5.65. The predicted octanol–water partition coefficient (Wildman–Crippen LogP) is 5.36. The molecule has 3 aromatic rings. The highest BCUT2D eigenvalue weighted by atomic mass is 16.2. The molecule has 1 aliphatic rings. The molecule has 0 unspecified atom stereocenters. The largest absolute Gasteiger partial charge is 0.340 e. The molecule has 3 nitrogen and oxygen atoms in total. The van der Waals surface area contributed by atoms with Crippen molar-refractivity contribution in [3.63, 3.8) is 0 Å². The molecule has 0 saturated carbocycles. The van der Waals surface area contributed by atoms with Gasteiger partial charge < -0.3 is 4.90 Å². The number of aromatic nitrogens is 1. The molecule has 1 aliphatic heterocycles. The van der Waals surface area contributed by atoms with Crippen molar-refractivity contribution in [1.29, 1.82) is 0 Å². The van der Waals surface area contributed by atoms with Gasteiger partial charge in [-0.1, -0.05) is 54.6 Å². The smallest absolute Gasteiger partial charge is 0.227 e. The summed E-state index contributed by atoms with van der Waals surface area (Å²) in [6.07, 6.45) is 7.65. The Bertz CT molecular complexity index is 917. The summed E-state index contributed by atoms with van der Waals surface area (Å²) in [6, 6.07) is 21.3. The number of hydrogen-bond acceptors (Lipinski definition) is 2. The molecule has 1 saturated heterocycles. The van der Waals surface area contributed by atoms with Gasteiger partial charge in [0.15, 0.2) is 0 Å². The van der Waals surface area contributed by atoms with E-state index in [2.05, 4.69) is 71.4 Å². The number of piperidine rings is 1. The van der Waals surface area contributed by atoms with E-state index in [1.165, 1.54) is 17.5 Å². The van der Waals surface area contributed by atoms with Crippen LogP contribution in [0.1, 0.15) is 31.7 Å². The van der Waals surface area contributed by atoms with E-state index < -0.39 is 0 Å². The van der Waals surface area contributed by atoms with Gasteiger partial charge in [-0.05, 0) is 60.1 Å². The van der Waals surface area contributed by atoms with Crippen molar-refractivity contribution in [3.05, 3.63) is 78.6 Å². The van der Waals surface area contributed by atoms with Gasteiger partial charge in [-0.25, -0.2) is 0 Å². The van der Waals surface area contributed by atoms with Gasteiger partial charge in [0.05, 0.1) is 6.42 Å². The Labute approximate surface area is 167 Å². The number of pyridine rings is 1. The molecule has 1 atom stereocenters. The second-order valence-electron chi connectivity index (χ2n) is 7.62. The highest BCUT2D eigenvalue weighted by molar-refractivity contribution is 5.79. The molecule has 3 heteroatoms. The molecule has 4 rings (SSSR count). The second-order valence-corrected chi connectivity index (χ2v) is 7.62. The van der Waals surface area contributed by atoms with Crippen molar-refractivity contribution in [2.45, 2.75) is 38.6 Å². The van der Waals surface area contributed by atoms with E-state index in [0.717, 1.165) is 36.1 Å². The standard InChI is InChI=1S/C25H26N2O/c1-19-5-2-3-16-27(19)25(28)17-20-7-9-21(10-8-20)22-11-13-23(14-12-22)24-6-4-15-26-18-24/h4,6-15,18-19H,2-3,5,16-17H2,1H3/t19-/m0/s1. The summed E-state index contributed by atoms with van der Waals surface area (Å²) in [5, 5.41) is 0. The Morgan fingerprint density at radius 2 is 1.57 bits per heavy atom. The first kappa shape index (κ1) is 18.4. The maximum Gasteiger partial charge on any atom is 0.227 e. The molecule has 0 N–H and O–H groups in total. The van der Waals surface area contributed by atoms with Crippen molar-refractivity contribution in [1.82, 2.24) is 9.88 Å². The van der Waals surface area contributed by atoms with Crippen LogP contribution in [0.4, 0.5) is 0 Å². The first-order chi connectivity index (χ1) is 13.7. The van der Waals surface area contributed by atoms with E-state index >= 15 is 0 Å².